The summed E-state index contributed by atoms with van der Waals surface area (Å²) in [6, 6.07) is 5.81. The molecule has 0 radical (unpaired) electrons. The van der Waals surface area contributed by atoms with E-state index in [2.05, 4.69) is 33.4 Å². The van der Waals surface area contributed by atoms with E-state index in [0.717, 1.165) is 42.0 Å². The molecule has 116 valence electrons. The summed E-state index contributed by atoms with van der Waals surface area (Å²) in [6.45, 7) is 10.7. The molecule has 1 aliphatic rings. The third-order valence-corrected chi connectivity index (χ3v) is 4.97. The van der Waals surface area contributed by atoms with E-state index in [1.54, 1.807) is 0 Å². The van der Waals surface area contributed by atoms with Crippen LogP contribution >= 0.6 is 12.6 Å². The summed E-state index contributed by atoms with van der Waals surface area (Å²) >= 11 is 4.36. The zero-order chi connectivity index (χ0) is 15.6. The van der Waals surface area contributed by atoms with Gasteiger partial charge in [0.2, 0.25) is 0 Å². The Morgan fingerprint density at radius 2 is 1.95 bits per heavy atom. The Morgan fingerprint density at radius 3 is 2.62 bits per heavy atom. The Bertz CT molecular complexity index is 518. The molecule has 0 aliphatic carbocycles. The highest BCUT2D eigenvalue weighted by Gasteiger charge is 2.29. The molecular formula is C18H27NOS. The van der Waals surface area contributed by atoms with Gasteiger partial charge < -0.3 is 4.90 Å². The smallest absolute Gasteiger partial charge is 0.254 e. The number of aryl methyl sites for hydroxylation is 1. The van der Waals surface area contributed by atoms with Crippen molar-refractivity contribution < 1.29 is 4.79 Å². The molecule has 0 N–H and O–H groups in total. The van der Waals surface area contributed by atoms with E-state index in [1.165, 1.54) is 6.42 Å². The number of amides is 1. The summed E-state index contributed by atoms with van der Waals surface area (Å²) in [4.78, 5) is 15.7. The standard InChI is InChI=1S/C18H27NOS/c1-13-7-8-15(21)12-16(13)17(20)19-10-5-6-14(9-11-19)18(2,3)4/h7-8,12,14,21H,5-6,9-11H2,1-4H3. The van der Waals surface area contributed by atoms with Gasteiger partial charge in [-0.3, -0.25) is 4.79 Å². The Labute approximate surface area is 134 Å². The Morgan fingerprint density at radius 1 is 1.24 bits per heavy atom. The summed E-state index contributed by atoms with van der Waals surface area (Å²) in [6.07, 6.45) is 3.43. The van der Waals surface area contributed by atoms with Crippen LogP contribution in [-0.2, 0) is 0 Å². The number of likely N-dealkylation sites (tertiary alicyclic amines) is 1. The summed E-state index contributed by atoms with van der Waals surface area (Å²) in [5, 5.41) is 0. The average molecular weight is 305 g/mol. The molecule has 0 aromatic heterocycles. The number of carbonyl (C=O) groups is 1. The molecule has 1 unspecified atom stereocenters. The average Bonchev–Trinajstić information content (AvgIpc) is 2.66. The van der Waals surface area contributed by atoms with Crippen molar-refractivity contribution in [1.82, 2.24) is 4.90 Å². The normalized spacial score (nSPS) is 20.2. The third kappa shape index (κ3) is 4.03. The molecule has 1 saturated heterocycles. The lowest BCUT2D eigenvalue weighted by Crippen LogP contribution is -2.33. The van der Waals surface area contributed by atoms with E-state index in [9.17, 15) is 4.79 Å². The molecule has 2 rings (SSSR count). The molecule has 1 fully saturated rings. The first-order valence-corrected chi connectivity index (χ1v) is 8.32. The van der Waals surface area contributed by atoms with Crippen LogP contribution < -0.4 is 0 Å². The van der Waals surface area contributed by atoms with Gasteiger partial charge in [-0.2, -0.15) is 0 Å². The van der Waals surface area contributed by atoms with Crippen molar-refractivity contribution in [2.24, 2.45) is 11.3 Å². The highest BCUT2D eigenvalue weighted by atomic mass is 32.1. The lowest BCUT2D eigenvalue weighted by atomic mass is 9.77. The molecule has 1 aromatic rings. The molecule has 1 aliphatic heterocycles. The van der Waals surface area contributed by atoms with E-state index in [1.807, 2.05) is 30.0 Å². The molecule has 2 nitrogen and oxygen atoms in total. The first kappa shape index (κ1) is 16.4. The molecule has 3 heteroatoms. The highest BCUT2D eigenvalue weighted by molar-refractivity contribution is 7.80. The number of hydrogen-bond acceptors (Lipinski definition) is 2. The number of nitrogens with zero attached hydrogens (tertiary/aromatic N) is 1. The van der Waals surface area contributed by atoms with E-state index in [4.69, 9.17) is 0 Å². The molecule has 1 atom stereocenters. The Balaban J connectivity index is 2.12. The number of rotatable bonds is 1. The monoisotopic (exact) mass is 305 g/mol. The van der Waals surface area contributed by atoms with Crippen LogP contribution in [0.25, 0.3) is 0 Å². The van der Waals surface area contributed by atoms with E-state index in [-0.39, 0.29) is 5.91 Å². The highest BCUT2D eigenvalue weighted by Crippen LogP contribution is 2.34. The second kappa shape index (κ2) is 6.43. The van der Waals surface area contributed by atoms with Gasteiger partial charge in [0.05, 0.1) is 0 Å². The van der Waals surface area contributed by atoms with Crippen molar-refractivity contribution in [3.63, 3.8) is 0 Å². The van der Waals surface area contributed by atoms with Crippen LogP contribution in [0.3, 0.4) is 0 Å². The van der Waals surface area contributed by atoms with Crippen LogP contribution in [0.5, 0.6) is 0 Å². The minimum Gasteiger partial charge on any atom is -0.339 e. The van der Waals surface area contributed by atoms with Gasteiger partial charge in [0.1, 0.15) is 0 Å². The van der Waals surface area contributed by atoms with Crippen molar-refractivity contribution in [2.75, 3.05) is 13.1 Å². The first-order valence-electron chi connectivity index (χ1n) is 7.88. The number of hydrogen-bond donors (Lipinski definition) is 1. The van der Waals surface area contributed by atoms with Crippen LogP contribution in [0.2, 0.25) is 0 Å². The number of benzene rings is 1. The van der Waals surface area contributed by atoms with Crippen molar-refractivity contribution in [3.05, 3.63) is 29.3 Å². The number of carbonyl (C=O) groups excluding carboxylic acids is 1. The van der Waals surface area contributed by atoms with Crippen molar-refractivity contribution in [2.45, 2.75) is 51.9 Å². The van der Waals surface area contributed by atoms with E-state index < -0.39 is 0 Å². The second-order valence-electron chi connectivity index (χ2n) is 7.29. The summed E-state index contributed by atoms with van der Waals surface area (Å²) in [5.74, 6) is 0.866. The minimum atomic E-state index is 0.165. The van der Waals surface area contributed by atoms with Crippen LogP contribution in [-0.4, -0.2) is 23.9 Å². The van der Waals surface area contributed by atoms with Gasteiger partial charge in [0, 0.05) is 23.5 Å². The first-order chi connectivity index (χ1) is 9.79. The summed E-state index contributed by atoms with van der Waals surface area (Å²) in [7, 11) is 0. The predicted molar refractivity (Wildman–Crippen MR) is 91.1 cm³/mol. The molecule has 21 heavy (non-hydrogen) atoms. The van der Waals surface area contributed by atoms with E-state index >= 15 is 0 Å². The van der Waals surface area contributed by atoms with Gasteiger partial charge in [-0.1, -0.05) is 26.8 Å². The maximum absolute atomic E-state index is 12.8. The maximum Gasteiger partial charge on any atom is 0.254 e. The maximum atomic E-state index is 12.8. The van der Waals surface area contributed by atoms with Gasteiger partial charge in [0.25, 0.3) is 5.91 Å². The SMILES string of the molecule is Cc1ccc(S)cc1C(=O)N1CCCC(C(C)(C)C)CC1. The topological polar surface area (TPSA) is 20.3 Å². The fourth-order valence-electron chi connectivity index (χ4n) is 3.18. The van der Waals surface area contributed by atoms with Crippen LogP contribution in [0.1, 0.15) is 56.0 Å². The van der Waals surface area contributed by atoms with Gasteiger partial charge in [-0.25, -0.2) is 0 Å². The fourth-order valence-corrected chi connectivity index (χ4v) is 3.38. The van der Waals surface area contributed by atoms with Crippen LogP contribution in [0, 0.1) is 18.3 Å². The van der Waals surface area contributed by atoms with Gasteiger partial charge in [-0.15, -0.1) is 12.6 Å². The molecule has 1 aromatic carbocycles. The quantitative estimate of drug-likeness (QED) is 0.753. The lowest BCUT2D eigenvalue weighted by molar-refractivity contribution is 0.0754. The molecule has 1 amide bonds. The van der Waals surface area contributed by atoms with Crippen molar-refractivity contribution in [3.8, 4) is 0 Å². The molecule has 0 saturated carbocycles. The zero-order valence-corrected chi connectivity index (χ0v) is 14.5. The fraction of sp³-hybridized carbons (Fsp3) is 0.611. The predicted octanol–water partition coefficient (Wildman–Crippen LogP) is 4.57. The Hall–Kier alpha value is -0.960. The van der Waals surface area contributed by atoms with Crippen LogP contribution in [0.4, 0.5) is 0 Å². The number of thiol groups is 1. The molecule has 1 heterocycles. The summed E-state index contributed by atoms with van der Waals surface area (Å²) in [5.41, 5.74) is 2.17. The molecule has 0 spiro atoms. The van der Waals surface area contributed by atoms with E-state index in [0.29, 0.717) is 11.3 Å². The van der Waals surface area contributed by atoms with Gasteiger partial charge >= 0.3 is 0 Å². The molecule has 0 bridgehead atoms. The minimum absolute atomic E-state index is 0.165. The van der Waals surface area contributed by atoms with Gasteiger partial charge in [-0.05, 0) is 55.2 Å². The zero-order valence-electron chi connectivity index (χ0n) is 13.6. The van der Waals surface area contributed by atoms with Crippen molar-refractivity contribution in [1.29, 1.82) is 0 Å². The van der Waals surface area contributed by atoms with Crippen LogP contribution in [0.15, 0.2) is 23.1 Å². The second-order valence-corrected chi connectivity index (χ2v) is 7.80. The lowest BCUT2D eigenvalue weighted by Gasteiger charge is -2.29. The van der Waals surface area contributed by atoms with Gasteiger partial charge in [0.15, 0.2) is 0 Å². The summed E-state index contributed by atoms with van der Waals surface area (Å²) < 4.78 is 0. The molecular weight excluding hydrogens is 278 g/mol. The largest absolute Gasteiger partial charge is 0.339 e. The Kier molecular flexibility index (Phi) is 5.03. The van der Waals surface area contributed by atoms with Crippen molar-refractivity contribution >= 4 is 18.5 Å². The third-order valence-electron chi connectivity index (χ3n) is 4.69.